The van der Waals surface area contributed by atoms with Crippen molar-refractivity contribution >= 4 is 0 Å². The Morgan fingerprint density at radius 3 is 2.46 bits per heavy atom. The quantitative estimate of drug-likeness (QED) is 0.797. The van der Waals surface area contributed by atoms with Crippen molar-refractivity contribution in [2.75, 3.05) is 7.11 Å². The Bertz CT molecular complexity index is 997. The summed E-state index contributed by atoms with van der Waals surface area (Å²) in [5, 5.41) is 9.41. The van der Waals surface area contributed by atoms with E-state index in [1.165, 1.54) is 0 Å². The van der Waals surface area contributed by atoms with E-state index in [1.807, 2.05) is 60.7 Å². The summed E-state index contributed by atoms with van der Waals surface area (Å²) < 4.78 is 5.30. The zero-order valence-electron chi connectivity index (χ0n) is 13.5. The number of aromatic nitrogens is 1. The first-order valence-corrected chi connectivity index (χ1v) is 7.52. The van der Waals surface area contributed by atoms with Crippen molar-refractivity contribution < 1.29 is 4.74 Å². The standard InChI is InChI=1S/C20H16N2O2/c1-13-10-18(19(12-21)20(23)22-13)17-9-4-3-8-16(17)14-6-5-7-15(11-14)24-2/h3-11H,1-2H3,(H,22,23). The van der Waals surface area contributed by atoms with Crippen LogP contribution in [0.2, 0.25) is 0 Å². The number of pyridine rings is 1. The third-order valence-electron chi connectivity index (χ3n) is 3.88. The van der Waals surface area contributed by atoms with Gasteiger partial charge in [-0.3, -0.25) is 4.79 Å². The van der Waals surface area contributed by atoms with Gasteiger partial charge in [-0.1, -0.05) is 36.4 Å². The molecule has 0 fully saturated rings. The number of methoxy groups -OCH3 is 1. The lowest BCUT2D eigenvalue weighted by atomic mass is 9.92. The molecule has 4 heteroatoms. The van der Waals surface area contributed by atoms with Crippen LogP contribution < -0.4 is 10.3 Å². The second kappa shape index (κ2) is 6.43. The molecule has 0 bridgehead atoms. The number of nitrogens with one attached hydrogen (secondary N) is 1. The van der Waals surface area contributed by atoms with Gasteiger partial charge in [0.05, 0.1) is 7.11 Å². The molecule has 0 aliphatic rings. The highest BCUT2D eigenvalue weighted by Crippen LogP contribution is 2.34. The highest BCUT2D eigenvalue weighted by atomic mass is 16.5. The molecule has 0 aliphatic heterocycles. The molecule has 24 heavy (non-hydrogen) atoms. The van der Waals surface area contributed by atoms with Crippen LogP contribution in [0.4, 0.5) is 0 Å². The SMILES string of the molecule is COc1cccc(-c2ccccc2-c2cc(C)[nH]c(=O)c2C#N)c1. The Kier molecular flexibility index (Phi) is 4.17. The minimum Gasteiger partial charge on any atom is -0.497 e. The summed E-state index contributed by atoms with van der Waals surface area (Å²) in [6, 6.07) is 19.3. The van der Waals surface area contributed by atoms with Crippen LogP contribution in [0.5, 0.6) is 5.75 Å². The second-order valence-corrected chi connectivity index (χ2v) is 5.46. The molecular weight excluding hydrogens is 300 g/mol. The number of nitrogens with zero attached hydrogens (tertiary/aromatic N) is 1. The van der Waals surface area contributed by atoms with Gasteiger partial charge in [-0.25, -0.2) is 0 Å². The molecule has 4 nitrogen and oxygen atoms in total. The smallest absolute Gasteiger partial charge is 0.266 e. The van der Waals surface area contributed by atoms with Crippen molar-refractivity contribution in [3.8, 4) is 34.1 Å². The van der Waals surface area contributed by atoms with E-state index in [9.17, 15) is 10.1 Å². The van der Waals surface area contributed by atoms with Gasteiger partial charge in [-0.05, 0) is 41.8 Å². The molecule has 0 amide bonds. The lowest BCUT2D eigenvalue weighted by Gasteiger charge is -2.12. The van der Waals surface area contributed by atoms with Crippen LogP contribution in [0.25, 0.3) is 22.3 Å². The number of benzene rings is 2. The van der Waals surface area contributed by atoms with Crippen LogP contribution >= 0.6 is 0 Å². The molecule has 0 spiro atoms. The fourth-order valence-corrected chi connectivity index (χ4v) is 2.77. The Balaban J connectivity index is 2.29. The Hall–Kier alpha value is -3.32. The molecule has 118 valence electrons. The molecule has 0 saturated carbocycles. The Morgan fingerprint density at radius 2 is 1.75 bits per heavy atom. The predicted molar refractivity (Wildman–Crippen MR) is 93.9 cm³/mol. The zero-order chi connectivity index (χ0) is 17.1. The van der Waals surface area contributed by atoms with Crippen LogP contribution in [-0.4, -0.2) is 12.1 Å². The summed E-state index contributed by atoms with van der Waals surface area (Å²) in [5.74, 6) is 0.755. The molecule has 2 aromatic carbocycles. The van der Waals surface area contributed by atoms with Crippen LogP contribution in [0.3, 0.4) is 0 Å². The lowest BCUT2D eigenvalue weighted by Crippen LogP contribution is -2.12. The number of ether oxygens (including phenoxy) is 1. The Morgan fingerprint density at radius 1 is 1.00 bits per heavy atom. The van der Waals surface area contributed by atoms with E-state index >= 15 is 0 Å². The van der Waals surface area contributed by atoms with E-state index in [0.717, 1.165) is 28.1 Å². The summed E-state index contributed by atoms with van der Waals surface area (Å²) in [4.78, 5) is 14.8. The van der Waals surface area contributed by atoms with Gasteiger partial charge in [0.2, 0.25) is 0 Å². The minimum absolute atomic E-state index is 0.121. The molecule has 0 atom stereocenters. The fraction of sp³-hybridized carbons (Fsp3) is 0.100. The molecule has 3 aromatic rings. The van der Waals surface area contributed by atoms with Crippen molar-refractivity contribution in [3.05, 3.63) is 76.2 Å². The Labute approximate surface area is 140 Å². The molecule has 1 N–H and O–H groups in total. The molecule has 0 radical (unpaired) electrons. The molecule has 0 unspecified atom stereocenters. The third kappa shape index (κ3) is 2.80. The maximum atomic E-state index is 12.1. The first kappa shape index (κ1) is 15.6. The fourth-order valence-electron chi connectivity index (χ4n) is 2.77. The number of H-pyrrole nitrogens is 1. The van der Waals surface area contributed by atoms with Gasteiger partial charge >= 0.3 is 0 Å². The number of rotatable bonds is 3. The van der Waals surface area contributed by atoms with Gasteiger partial charge in [0.15, 0.2) is 0 Å². The number of aryl methyl sites for hydroxylation is 1. The molecular formula is C20H16N2O2. The van der Waals surface area contributed by atoms with E-state index in [2.05, 4.69) is 4.98 Å². The molecule has 1 heterocycles. The second-order valence-electron chi connectivity index (χ2n) is 5.46. The highest BCUT2D eigenvalue weighted by Gasteiger charge is 2.14. The maximum Gasteiger partial charge on any atom is 0.266 e. The largest absolute Gasteiger partial charge is 0.497 e. The van der Waals surface area contributed by atoms with Crippen molar-refractivity contribution in [1.82, 2.24) is 4.98 Å². The van der Waals surface area contributed by atoms with E-state index in [4.69, 9.17) is 4.74 Å². The lowest BCUT2D eigenvalue weighted by molar-refractivity contribution is 0.415. The summed E-state index contributed by atoms with van der Waals surface area (Å²) in [5.41, 5.74) is 3.86. The first-order valence-electron chi connectivity index (χ1n) is 7.52. The average molecular weight is 316 g/mol. The van der Waals surface area contributed by atoms with E-state index < -0.39 is 0 Å². The molecule has 0 saturated heterocycles. The molecule has 1 aromatic heterocycles. The normalized spacial score (nSPS) is 10.2. The van der Waals surface area contributed by atoms with Crippen LogP contribution in [-0.2, 0) is 0 Å². The van der Waals surface area contributed by atoms with E-state index in [1.54, 1.807) is 14.0 Å². The van der Waals surface area contributed by atoms with E-state index in [-0.39, 0.29) is 11.1 Å². The number of hydrogen-bond donors (Lipinski definition) is 1. The summed E-state index contributed by atoms with van der Waals surface area (Å²) >= 11 is 0. The van der Waals surface area contributed by atoms with Crippen molar-refractivity contribution in [3.63, 3.8) is 0 Å². The van der Waals surface area contributed by atoms with Gasteiger partial charge in [0.25, 0.3) is 5.56 Å². The topological polar surface area (TPSA) is 65.9 Å². The highest BCUT2D eigenvalue weighted by molar-refractivity contribution is 5.86. The van der Waals surface area contributed by atoms with E-state index in [0.29, 0.717) is 5.56 Å². The third-order valence-corrected chi connectivity index (χ3v) is 3.88. The minimum atomic E-state index is -0.368. The summed E-state index contributed by atoms with van der Waals surface area (Å²) in [6.45, 7) is 1.81. The first-order chi connectivity index (χ1) is 11.6. The number of aromatic amines is 1. The van der Waals surface area contributed by atoms with Crippen LogP contribution in [0.15, 0.2) is 59.4 Å². The predicted octanol–water partition coefficient (Wildman–Crippen LogP) is 3.90. The monoisotopic (exact) mass is 316 g/mol. The maximum absolute atomic E-state index is 12.1. The van der Waals surface area contributed by atoms with Crippen molar-refractivity contribution in [2.45, 2.75) is 6.92 Å². The van der Waals surface area contributed by atoms with Crippen LogP contribution in [0.1, 0.15) is 11.3 Å². The summed E-state index contributed by atoms with van der Waals surface area (Å²) in [7, 11) is 1.62. The molecule has 0 aliphatic carbocycles. The van der Waals surface area contributed by atoms with Crippen molar-refractivity contribution in [2.24, 2.45) is 0 Å². The van der Waals surface area contributed by atoms with Gasteiger partial charge < -0.3 is 9.72 Å². The molecule has 3 rings (SSSR count). The van der Waals surface area contributed by atoms with Gasteiger partial charge in [0, 0.05) is 11.3 Å². The zero-order valence-corrected chi connectivity index (χ0v) is 13.5. The van der Waals surface area contributed by atoms with Crippen molar-refractivity contribution in [1.29, 1.82) is 5.26 Å². The number of hydrogen-bond acceptors (Lipinski definition) is 3. The number of nitriles is 1. The summed E-state index contributed by atoms with van der Waals surface area (Å²) in [6.07, 6.45) is 0. The van der Waals surface area contributed by atoms with Gasteiger partial charge in [-0.15, -0.1) is 0 Å². The van der Waals surface area contributed by atoms with Crippen LogP contribution in [0, 0.1) is 18.3 Å². The average Bonchev–Trinajstić information content (AvgIpc) is 2.61. The van der Waals surface area contributed by atoms with Gasteiger partial charge in [0.1, 0.15) is 17.4 Å². The van der Waals surface area contributed by atoms with Gasteiger partial charge in [-0.2, -0.15) is 5.26 Å².